The SMILES string of the molecule is CC1=CC(=O)[C@@]2(C)Cc3cnn(-c4ccc(F)cc4)c3C=C12. The van der Waals surface area contributed by atoms with E-state index in [0.29, 0.717) is 6.42 Å². The van der Waals surface area contributed by atoms with Crippen molar-refractivity contribution in [2.24, 2.45) is 5.41 Å². The number of carbonyl (C=O) groups excluding carboxylic acids is 1. The van der Waals surface area contributed by atoms with Gasteiger partial charge in [0, 0.05) is 0 Å². The molecule has 4 heteroatoms. The number of ketones is 1. The highest BCUT2D eigenvalue weighted by atomic mass is 19.1. The van der Waals surface area contributed by atoms with Crippen molar-refractivity contribution in [3.8, 4) is 5.69 Å². The summed E-state index contributed by atoms with van der Waals surface area (Å²) in [7, 11) is 0. The van der Waals surface area contributed by atoms with E-state index >= 15 is 0 Å². The van der Waals surface area contributed by atoms with Gasteiger partial charge >= 0.3 is 0 Å². The molecule has 2 aliphatic carbocycles. The summed E-state index contributed by atoms with van der Waals surface area (Å²) in [5.74, 6) is -0.104. The van der Waals surface area contributed by atoms with Gasteiger partial charge < -0.3 is 0 Å². The Morgan fingerprint density at radius 1 is 1.23 bits per heavy atom. The van der Waals surface area contributed by atoms with Crippen LogP contribution < -0.4 is 0 Å². The molecule has 2 aliphatic rings. The number of fused-ring (bicyclic) bond motifs is 2. The van der Waals surface area contributed by atoms with Crippen molar-refractivity contribution in [3.05, 3.63) is 64.8 Å². The van der Waals surface area contributed by atoms with Crippen molar-refractivity contribution in [1.29, 1.82) is 0 Å². The third-order valence-corrected chi connectivity index (χ3v) is 4.69. The fourth-order valence-corrected chi connectivity index (χ4v) is 3.44. The number of hydrogen-bond acceptors (Lipinski definition) is 2. The highest BCUT2D eigenvalue weighted by Crippen LogP contribution is 2.47. The largest absolute Gasteiger partial charge is 0.294 e. The molecule has 0 N–H and O–H groups in total. The van der Waals surface area contributed by atoms with Gasteiger partial charge in [0.1, 0.15) is 5.82 Å². The number of aromatic nitrogens is 2. The van der Waals surface area contributed by atoms with Crippen molar-refractivity contribution in [1.82, 2.24) is 9.78 Å². The molecule has 0 aliphatic heterocycles. The second-order valence-electron chi connectivity index (χ2n) is 6.20. The molecule has 0 saturated heterocycles. The van der Waals surface area contributed by atoms with Crippen molar-refractivity contribution in [3.63, 3.8) is 0 Å². The van der Waals surface area contributed by atoms with E-state index in [4.69, 9.17) is 0 Å². The van der Waals surface area contributed by atoms with Gasteiger partial charge in [-0.3, -0.25) is 4.79 Å². The smallest absolute Gasteiger partial charge is 0.166 e. The summed E-state index contributed by atoms with van der Waals surface area (Å²) in [5.41, 5.74) is 4.45. The average molecular weight is 294 g/mol. The van der Waals surface area contributed by atoms with Gasteiger partial charge in [0.15, 0.2) is 5.78 Å². The Balaban J connectivity index is 1.88. The molecule has 0 fully saturated rings. The second kappa shape index (κ2) is 4.26. The first-order valence-corrected chi connectivity index (χ1v) is 7.27. The van der Waals surface area contributed by atoms with Crippen LogP contribution in [0.1, 0.15) is 25.1 Å². The minimum Gasteiger partial charge on any atom is -0.294 e. The van der Waals surface area contributed by atoms with Gasteiger partial charge in [-0.05, 0) is 73.4 Å². The molecule has 1 aromatic heterocycles. The highest BCUT2D eigenvalue weighted by molar-refractivity contribution is 6.05. The van der Waals surface area contributed by atoms with Crippen LogP contribution in [-0.2, 0) is 11.2 Å². The lowest BCUT2D eigenvalue weighted by Crippen LogP contribution is -2.29. The Morgan fingerprint density at radius 3 is 2.68 bits per heavy atom. The number of allylic oxidation sites excluding steroid dienone is 3. The van der Waals surface area contributed by atoms with E-state index in [1.165, 1.54) is 12.1 Å². The predicted octanol–water partition coefficient (Wildman–Crippen LogP) is 3.49. The summed E-state index contributed by atoms with van der Waals surface area (Å²) in [6.45, 7) is 3.96. The van der Waals surface area contributed by atoms with Crippen molar-refractivity contribution in [2.75, 3.05) is 0 Å². The van der Waals surface area contributed by atoms with Crippen molar-refractivity contribution in [2.45, 2.75) is 20.3 Å². The van der Waals surface area contributed by atoms with Crippen LogP contribution in [0.2, 0.25) is 0 Å². The number of hydrogen-bond donors (Lipinski definition) is 0. The zero-order chi connectivity index (χ0) is 15.5. The van der Waals surface area contributed by atoms with Gasteiger partial charge in [0.05, 0.1) is 23.0 Å². The number of nitrogens with zero attached hydrogens (tertiary/aromatic N) is 2. The molecule has 0 spiro atoms. The Kier molecular flexibility index (Phi) is 2.55. The lowest BCUT2D eigenvalue weighted by Gasteiger charge is -2.29. The Bertz CT molecular complexity index is 858. The molecule has 3 nitrogen and oxygen atoms in total. The van der Waals surface area contributed by atoms with E-state index in [9.17, 15) is 9.18 Å². The summed E-state index contributed by atoms with van der Waals surface area (Å²) in [5, 5.41) is 4.43. The summed E-state index contributed by atoms with van der Waals surface area (Å²) < 4.78 is 14.9. The lowest BCUT2D eigenvalue weighted by molar-refractivity contribution is -0.120. The maximum absolute atomic E-state index is 13.1. The third-order valence-electron chi connectivity index (χ3n) is 4.69. The molecular weight excluding hydrogens is 279 g/mol. The number of halogens is 1. The monoisotopic (exact) mass is 294 g/mol. The van der Waals surface area contributed by atoms with Crippen LogP contribution in [0.5, 0.6) is 0 Å². The molecule has 0 saturated carbocycles. The van der Waals surface area contributed by atoms with E-state index in [-0.39, 0.29) is 11.6 Å². The van der Waals surface area contributed by atoms with Crippen LogP contribution in [0, 0.1) is 11.2 Å². The van der Waals surface area contributed by atoms with Gasteiger partial charge in [-0.15, -0.1) is 0 Å². The van der Waals surface area contributed by atoms with Gasteiger partial charge in [-0.25, -0.2) is 9.07 Å². The molecule has 0 amide bonds. The molecule has 1 heterocycles. The lowest BCUT2D eigenvalue weighted by atomic mass is 9.73. The standard InChI is InChI=1S/C18H15FN2O/c1-11-7-17(22)18(2)9-12-10-20-21(16(12)8-15(11)18)14-5-3-13(19)4-6-14/h3-8,10H,9H2,1-2H3/t18-/m0/s1. The Morgan fingerprint density at radius 2 is 1.95 bits per heavy atom. The van der Waals surface area contributed by atoms with E-state index in [1.807, 2.05) is 19.9 Å². The normalized spacial score (nSPS) is 23.0. The van der Waals surface area contributed by atoms with E-state index in [1.54, 1.807) is 29.1 Å². The molecule has 2 aromatic rings. The van der Waals surface area contributed by atoms with Gasteiger partial charge in [-0.1, -0.05) is 0 Å². The van der Waals surface area contributed by atoms with Crippen LogP contribution in [-0.4, -0.2) is 15.6 Å². The molecular formula is C18H15FN2O. The molecule has 0 unspecified atom stereocenters. The minimum atomic E-state index is -0.465. The van der Waals surface area contributed by atoms with Gasteiger partial charge in [0.25, 0.3) is 0 Å². The van der Waals surface area contributed by atoms with Gasteiger partial charge in [-0.2, -0.15) is 5.10 Å². The third kappa shape index (κ3) is 1.67. The van der Waals surface area contributed by atoms with E-state index in [2.05, 4.69) is 5.10 Å². The fraction of sp³-hybridized carbons (Fsp3) is 0.222. The van der Waals surface area contributed by atoms with E-state index < -0.39 is 5.41 Å². The maximum atomic E-state index is 13.1. The number of benzene rings is 1. The summed E-state index contributed by atoms with van der Waals surface area (Å²) >= 11 is 0. The maximum Gasteiger partial charge on any atom is 0.166 e. The molecule has 1 aromatic carbocycles. The molecule has 0 radical (unpaired) electrons. The summed E-state index contributed by atoms with van der Waals surface area (Å²) in [6.07, 6.45) is 6.24. The van der Waals surface area contributed by atoms with Crippen LogP contribution in [0.15, 0.2) is 47.7 Å². The second-order valence-corrected chi connectivity index (χ2v) is 6.20. The number of carbonyl (C=O) groups is 1. The summed E-state index contributed by atoms with van der Waals surface area (Å²) in [6, 6.07) is 6.26. The van der Waals surface area contributed by atoms with Gasteiger partial charge in [0.2, 0.25) is 0 Å². The van der Waals surface area contributed by atoms with Crippen LogP contribution in [0.3, 0.4) is 0 Å². The van der Waals surface area contributed by atoms with Crippen molar-refractivity contribution >= 4 is 11.9 Å². The molecule has 110 valence electrons. The highest BCUT2D eigenvalue weighted by Gasteiger charge is 2.44. The fourth-order valence-electron chi connectivity index (χ4n) is 3.44. The topological polar surface area (TPSA) is 34.9 Å². The zero-order valence-electron chi connectivity index (χ0n) is 12.4. The van der Waals surface area contributed by atoms with Crippen LogP contribution in [0.4, 0.5) is 4.39 Å². The number of rotatable bonds is 1. The first-order valence-electron chi connectivity index (χ1n) is 7.27. The molecule has 4 rings (SSSR count). The Labute approximate surface area is 127 Å². The van der Waals surface area contributed by atoms with Crippen LogP contribution in [0.25, 0.3) is 11.8 Å². The average Bonchev–Trinajstić information content (AvgIpc) is 2.98. The zero-order valence-corrected chi connectivity index (χ0v) is 12.4. The minimum absolute atomic E-state index is 0.163. The van der Waals surface area contributed by atoms with Crippen LogP contribution >= 0.6 is 0 Å². The quantitative estimate of drug-likeness (QED) is 0.807. The molecule has 1 atom stereocenters. The first-order chi connectivity index (χ1) is 10.5. The Hall–Kier alpha value is -2.49. The van der Waals surface area contributed by atoms with Crippen molar-refractivity contribution < 1.29 is 9.18 Å². The van der Waals surface area contributed by atoms with E-state index in [0.717, 1.165) is 28.1 Å². The molecule has 22 heavy (non-hydrogen) atoms. The molecule has 0 bridgehead atoms. The summed E-state index contributed by atoms with van der Waals surface area (Å²) in [4.78, 5) is 12.3. The predicted molar refractivity (Wildman–Crippen MR) is 82.1 cm³/mol. The first kappa shape index (κ1) is 13.2.